The lowest BCUT2D eigenvalue weighted by Crippen LogP contribution is -2.30. The second-order valence-corrected chi connectivity index (χ2v) is 7.58. The summed E-state index contributed by atoms with van der Waals surface area (Å²) >= 11 is 0. The molecule has 0 atom stereocenters. The molecule has 0 aliphatic heterocycles. The molecule has 7 heteroatoms. The van der Waals surface area contributed by atoms with Gasteiger partial charge in [0.2, 0.25) is 0 Å². The van der Waals surface area contributed by atoms with Crippen LogP contribution in [0.25, 0.3) is 0 Å². The number of nitrogens with zero attached hydrogens (tertiary/aromatic N) is 4. The Labute approximate surface area is 82.3 Å². The topological polar surface area (TPSA) is 22.1 Å². The summed E-state index contributed by atoms with van der Waals surface area (Å²) in [6.45, 7) is 0. The van der Waals surface area contributed by atoms with E-state index in [0.717, 1.165) is 0 Å². The summed E-state index contributed by atoms with van der Waals surface area (Å²) in [6.07, 6.45) is 0. The lowest BCUT2D eigenvalue weighted by atomic mass is 11.2. The fraction of sp³-hybridized carbons (Fsp3) is 1.00. The molecule has 0 unspecified atom stereocenters. The Morgan fingerprint density at radius 3 is 1.31 bits per heavy atom. The molecule has 0 aromatic heterocycles. The van der Waals surface area contributed by atoms with E-state index in [1.54, 1.807) is 0 Å². The van der Waals surface area contributed by atoms with E-state index in [1.165, 1.54) is 0 Å². The highest BCUT2D eigenvalue weighted by Gasteiger charge is 2.25. The van der Waals surface area contributed by atoms with Crippen LogP contribution in [0.2, 0.25) is 0 Å². The van der Waals surface area contributed by atoms with Crippen LogP contribution in [-0.4, -0.2) is 56.3 Å². The van der Waals surface area contributed by atoms with Gasteiger partial charge in [-0.25, -0.2) is 9.04 Å². The Balaban J connectivity index is 5.20. The van der Waals surface area contributed by atoms with Crippen LogP contribution in [0.1, 0.15) is 0 Å². The summed E-state index contributed by atoms with van der Waals surface area (Å²) in [5, 5.41) is 0. The van der Waals surface area contributed by atoms with Gasteiger partial charge < -0.3 is 8.71 Å². The molecule has 0 saturated carbocycles. The van der Waals surface area contributed by atoms with Crippen LogP contribution < -0.4 is 0 Å². The van der Waals surface area contributed by atoms with E-state index < -0.39 is 16.5 Å². The van der Waals surface area contributed by atoms with Crippen molar-refractivity contribution in [1.82, 2.24) is 14.0 Å². The molecule has 0 aromatic carbocycles. The third kappa shape index (κ3) is 2.71. The van der Waals surface area contributed by atoms with Gasteiger partial charge in [0, 0.05) is 0 Å². The quantitative estimate of drug-likeness (QED) is 0.688. The molecule has 0 spiro atoms. The van der Waals surface area contributed by atoms with Crippen LogP contribution >= 0.6 is 16.5 Å². The zero-order valence-electron chi connectivity index (χ0n) is 9.06. The lowest BCUT2D eigenvalue weighted by Gasteiger charge is -2.43. The number of hydrogen-bond acceptors (Lipinski definition) is 1. The minimum atomic E-state index is -1.97. The molecule has 0 aromatic rings. The molecule has 0 aliphatic carbocycles. The minimum absolute atomic E-state index is 0.410. The summed E-state index contributed by atoms with van der Waals surface area (Å²) in [6, 6.07) is 0. The zero-order chi connectivity index (χ0) is 10.6. The van der Waals surface area contributed by atoms with Crippen LogP contribution in [0.15, 0.2) is 4.52 Å². The fourth-order valence-electron chi connectivity index (χ4n) is 1.36. The van der Waals surface area contributed by atoms with Crippen LogP contribution in [0.3, 0.4) is 0 Å². The normalized spacial score (nSPS) is 14.0. The summed E-state index contributed by atoms with van der Waals surface area (Å²) in [5.41, 5.74) is 0. The molecular formula is C6H18FN4P2-. The van der Waals surface area contributed by atoms with Gasteiger partial charge in [-0.3, -0.25) is 14.0 Å². The molecule has 4 nitrogen and oxygen atoms in total. The molecule has 0 fully saturated rings. The zero-order valence-corrected chi connectivity index (χ0v) is 10.9. The summed E-state index contributed by atoms with van der Waals surface area (Å²) < 4.78 is 22.3. The first-order valence-corrected chi connectivity index (χ1v) is 6.19. The van der Waals surface area contributed by atoms with E-state index in [4.69, 9.17) is 0 Å². The summed E-state index contributed by atoms with van der Waals surface area (Å²) in [7, 11) is 9.13. The van der Waals surface area contributed by atoms with Crippen molar-refractivity contribution >= 4 is 16.5 Å². The minimum Gasteiger partial charge on any atom is -0.441 e. The van der Waals surface area contributed by atoms with E-state index >= 15 is 0 Å². The fourth-order valence-corrected chi connectivity index (χ4v) is 5.79. The van der Waals surface area contributed by atoms with E-state index in [0.29, 0.717) is 0 Å². The molecule has 0 rings (SSSR count). The Bertz CT molecular complexity index is 176. The van der Waals surface area contributed by atoms with Crippen LogP contribution in [0.4, 0.5) is 4.20 Å². The third-order valence-electron chi connectivity index (χ3n) is 1.76. The van der Waals surface area contributed by atoms with Crippen LogP contribution in [0.5, 0.6) is 0 Å². The number of hydrogen-bond donors (Lipinski definition) is 0. The smallest absolute Gasteiger partial charge is 0.137 e. The highest BCUT2D eigenvalue weighted by molar-refractivity contribution is 7.63. The molecule has 0 heterocycles. The average molecular weight is 227 g/mol. The van der Waals surface area contributed by atoms with Crippen molar-refractivity contribution in [2.75, 3.05) is 42.3 Å². The van der Waals surface area contributed by atoms with Crippen LogP contribution in [-0.2, 0) is 0 Å². The highest BCUT2D eigenvalue weighted by atomic mass is 31.2. The predicted octanol–water partition coefficient (Wildman–Crippen LogP) is 2.36. The molecular weight excluding hydrogens is 209 g/mol. The average Bonchev–Trinajstić information content (AvgIpc) is 1.97. The first-order chi connectivity index (χ1) is 5.89. The Morgan fingerprint density at radius 2 is 1.23 bits per heavy atom. The van der Waals surface area contributed by atoms with Gasteiger partial charge >= 0.3 is 0 Å². The van der Waals surface area contributed by atoms with Gasteiger partial charge in [0.1, 0.15) is 7.51 Å². The maximum absolute atomic E-state index is 12.3. The second-order valence-electron chi connectivity index (χ2n) is 3.24. The highest BCUT2D eigenvalue weighted by Crippen LogP contribution is 2.57. The summed E-state index contributed by atoms with van der Waals surface area (Å²) in [4.78, 5) is 0. The predicted molar refractivity (Wildman–Crippen MR) is 58.4 cm³/mol. The van der Waals surface area contributed by atoms with Gasteiger partial charge in [0.25, 0.3) is 0 Å². The van der Waals surface area contributed by atoms with Gasteiger partial charge in [-0.15, -0.1) is 0 Å². The molecule has 0 amide bonds. The number of halogens is 1. The Kier molecular flexibility index (Phi) is 5.57. The van der Waals surface area contributed by atoms with Gasteiger partial charge in [-0.1, -0.05) is 0 Å². The van der Waals surface area contributed by atoms with E-state index in [2.05, 4.69) is 4.52 Å². The molecule has 0 aliphatic rings. The molecule has 13 heavy (non-hydrogen) atoms. The van der Waals surface area contributed by atoms with Gasteiger partial charge in [0.05, 0.1) is 0 Å². The SMILES string of the molecule is CN(C)P(=N[P-]F)(N(C)C)N(C)C. The third-order valence-corrected chi connectivity index (χ3v) is 6.21. The van der Waals surface area contributed by atoms with Crippen molar-refractivity contribution < 1.29 is 4.20 Å². The van der Waals surface area contributed by atoms with Gasteiger partial charge in [-0.05, 0) is 42.3 Å². The van der Waals surface area contributed by atoms with Gasteiger partial charge in [0.15, 0.2) is 0 Å². The van der Waals surface area contributed by atoms with Gasteiger partial charge in [-0.2, -0.15) is 0 Å². The largest absolute Gasteiger partial charge is 0.441 e. The second kappa shape index (κ2) is 5.38. The molecule has 80 valence electrons. The Hall–Kier alpha value is 0.470. The van der Waals surface area contributed by atoms with Crippen molar-refractivity contribution in [3.8, 4) is 0 Å². The molecule has 0 bridgehead atoms. The first-order valence-electron chi connectivity index (χ1n) is 3.85. The number of rotatable bonds is 4. The molecule has 0 saturated heterocycles. The Morgan fingerprint density at radius 1 is 0.923 bits per heavy atom. The molecule has 0 N–H and O–H groups in total. The first kappa shape index (κ1) is 13.5. The van der Waals surface area contributed by atoms with Crippen molar-refractivity contribution in [3.05, 3.63) is 0 Å². The van der Waals surface area contributed by atoms with Crippen molar-refractivity contribution in [2.24, 2.45) is 4.52 Å². The maximum Gasteiger partial charge on any atom is 0.137 e. The monoisotopic (exact) mass is 227 g/mol. The lowest BCUT2D eigenvalue weighted by molar-refractivity contribution is 0.475. The van der Waals surface area contributed by atoms with Crippen molar-refractivity contribution in [3.63, 3.8) is 0 Å². The van der Waals surface area contributed by atoms with Crippen LogP contribution in [0, 0.1) is 0 Å². The van der Waals surface area contributed by atoms with Crippen molar-refractivity contribution in [2.45, 2.75) is 0 Å². The van der Waals surface area contributed by atoms with Crippen molar-refractivity contribution in [1.29, 1.82) is 0 Å². The van der Waals surface area contributed by atoms with E-state index in [-0.39, 0.29) is 0 Å². The summed E-state index contributed by atoms with van der Waals surface area (Å²) in [5.74, 6) is 0. The van der Waals surface area contributed by atoms with E-state index in [9.17, 15) is 4.20 Å². The van der Waals surface area contributed by atoms with E-state index in [1.807, 2.05) is 56.3 Å². The maximum atomic E-state index is 12.3. The molecule has 0 radical (unpaired) electrons. The standard InChI is InChI=1S/C6H18FN4P2/c1-9(2)13(8-12-7,10(3)4)11(5)6/h1-6H3/q-1.